The Hall–Kier alpha value is -0.0800. The van der Waals surface area contributed by atoms with Gasteiger partial charge in [0.2, 0.25) is 0 Å². The minimum absolute atomic E-state index is 0.157. The van der Waals surface area contributed by atoms with E-state index in [9.17, 15) is 10.2 Å². The average molecular weight is 144 g/mol. The quantitative estimate of drug-likeness (QED) is 0.605. The normalized spacial score (nSPS) is 36.3. The molecule has 10 heavy (non-hydrogen) atoms. The van der Waals surface area contributed by atoms with Gasteiger partial charge in [-0.05, 0) is 19.3 Å². The summed E-state index contributed by atoms with van der Waals surface area (Å²) in [6.45, 7) is 1.95. The fraction of sp³-hybridized carbons (Fsp3) is 1.00. The maximum Gasteiger partial charge on any atom is 0.0593 e. The summed E-state index contributed by atoms with van der Waals surface area (Å²) >= 11 is 0. The minimum atomic E-state index is -0.280. The zero-order valence-electron chi connectivity index (χ0n) is 6.45. The standard InChI is InChI=1S/C8H16O2/c1-2-7(9)6-4-3-5-8(6)10/h6-10H,2-5H2,1H3/t6?,7-,8-/m1/s1. The molecule has 0 heterocycles. The minimum Gasteiger partial charge on any atom is -0.393 e. The van der Waals surface area contributed by atoms with E-state index in [0.717, 1.165) is 25.7 Å². The SMILES string of the molecule is CC[C@@H](O)C1CCC[C@H]1O. The van der Waals surface area contributed by atoms with Crippen LogP contribution in [0.1, 0.15) is 32.6 Å². The molecule has 0 bridgehead atoms. The maximum absolute atomic E-state index is 9.37. The highest BCUT2D eigenvalue weighted by Crippen LogP contribution is 2.29. The Morgan fingerprint density at radius 2 is 2.20 bits per heavy atom. The van der Waals surface area contributed by atoms with Crippen LogP contribution in [-0.4, -0.2) is 22.4 Å². The molecular weight excluding hydrogens is 128 g/mol. The van der Waals surface area contributed by atoms with E-state index in [-0.39, 0.29) is 18.1 Å². The summed E-state index contributed by atoms with van der Waals surface area (Å²) in [5.74, 6) is 0.157. The summed E-state index contributed by atoms with van der Waals surface area (Å²) in [6, 6.07) is 0. The number of hydrogen-bond donors (Lipinski definition) is 2. The Kier molecular flexibility index (Phi) is 2.69. The third kappa shape index (κ3) is 1.50. The molecule has 0 aromatic heterocycles. The van der Waals surface area contributed by atoms with Crippen molar-refractivity contribution in [1.82, 2.24) is 0 Å². The maximum atomic E-state index is 9.37. The Morgan fingerprint density at radius 1 is 1.50 bits per heavy atom. The molecule has 1 aliphatic rings. The summed E-state index contributed by atoms with van der Waals surface area (Å²) in [5, 5.41) is 18.7. The van der Waals surface area contributed by atoms with Gasteiger partial charge in [-0.1, -0.05) is 13.3 Å². The van der Waals surface area contributed by atoms with E-state index in [1.54, 1.807) is 0 Å². The van der Waals surface area contributed by atoms with Crippen molar-refractivity contribution < 1.29 is 10.2 Å². The van der Waals surface area contributed by atoms with Crippen molar-refractivity contribution in [2.24, 2.45) is 5.92 Å². The zero-order chi connectivity index (χ0) is 7.56. The number of hydrogen-bond acceptors (Lipinski definition) is 2. The summed E-state index contributed by atoms with van der Waals surface area (Å²) in [5.41, 5.74) is 0. The Bertz CT molecular complexity index is 103. The van der Waals surface area contributed by atoms with E-state index in [0.29, 0.717) is 0 Å². The Morgan fingerprint density at radius 3 is 2.60 bits per heavy atom. The summed E-state index contributed by atoms with van der Waals surface area (Å²) < 4.78 is 0. The van der Waals surface area contributed by atoms with Gasteiger partial charge in [0.25, 0.3) is 0 Å². The van der Waals surface area contributed by atoms with Gasteiger partial charge >= 0.3 is 0 Å². The molecule has 1 fully saturated rings. The molecule has 60 valence electrons. The van der Waals surface area contributed by atoms with Gasteiger partial charge < -0.3 is 10.2 Å². The number of aliphatic hydroxyl groups is 2. The monoisotopic (exact) mass is 144 g/mol. The van der Waals surface area contributed by atoms with Gasteiger partial charge in [0.1, 0.15) is 0 Å². The van der Waals surface area contributed by atoms with Gasteiger partial charge in [0, 0.05) is 5.92 Å². The van der Waals surface area contributed by atoms with E-state index < -0.39 is 0 Å². The highest BCUT2D eigenvalue weighted by atomic mass is 16.3. The molecule has 2 N–H and O–H groups in total. The number of aliphatic hydroxyl groups excluding tert-OH is 2. The van der Waals surface area contributed by atoms with E-state index in [1.165, 1.54) is 0 Å². The van der Waals surface area contributed by atoms with E-state index in [2.05, 4.69) is 0 Å². The molecule has 2 heteroatoms. The van der Waals surface area contributed by atoms with Gasteiger partial charge in [0.15, 0.2) is 0 Å². The van der Waals surface area contributed by atoms with Crippen LogP contribution in [0.2, 0.25) is 0 Å². The highest BCUT2D eigenvalue weighted by molar-refractivity contribution is 4.81. The number of rotatable bonds is 2. The Balaban J connectivity index is 2.38. The first-order valence-corrected chi connectivity index (χ1v) is 4.11. The Labute approximate surface area is 61.9 Å². The fourth-order valence-corrected chi connectivity index (χ4v) is 1.72. The lowest BCUT2D eigenvalue weighted by molar-refractivity contribution is 0.0298. The van der Waals surface area contributed by atoms with Gasteiger partial charge in [-0.15, -0.1) is 0 Å². The molecule has 0 radical (unpaired) electrons. The zero-order valence-corrected chi connectivity index (χ0v) is 6.45. The predicted molar refractivity (Wildman–Crippen MR) is 39.6 cm³/mol. The molecule has 0 aliphatic heterocycles. The van der Waals surface area contributed by atoms with Gasteiger partial charge in [-0.25, -0.2) is 0 Å². The van der Waals surface area contributed by atoms with Crippen molar-refractivity contribution in [1.29, 1.82) is 0 Å². The molecule has 2 nitrogen and oxygen atoms in total. The van der Waals surface area contributed by atoms with Crippen LogP contribution in [0, 0.1) is 5.92 Å². The van der Waals surface area contributed by atoms with Crippen molar-refractivity contribution in [3.8, 4) is 0 Å². The molecule has 0 spiro atoms. The molecule has 1 saturated carbocycles. The first-order valence-electron chi connectivity index (χ1n) is 4.11. The second-order valence-electron chi connectivity index (χ2n) is 3.14. The molecule has 1 aliphatic carbocycles. The topological polar surface area (TPSA) is 40.5 Å². The van der Waals surface area contributed by atoms with Crippen molar-refractivity contribution in [3.63, 3.8) is 0 Å². The first kappa shape index (κ1) is 8.02. The molecule has 1 unspecified atom stereocenters. The predicted octanol–water partition coefficient (Wildman–Crippen LogP) is 0.918. The van der Waals surface area contributed by atoms with Crippen molar-refractivity contribution in [2.45, 2.75) is 44.8 Å². The lowest BCUT2D eigenvalue weighted by Crippen LogP contribution is -2.26. The lowest BCUT2D eigenvalue weighted by atomic mass is 9.97. The van der Waals surface area contributed by atoms with Crippen molar-refractivity contribution in [2.75, 3.05) is 0 Å². The average Bonchev–Trinajstić information content (AvgIpc) is 2.34. The van der Waals surface area contributed by atoms with Crippen LogP contribution in [0.25, 0.3) is 0 Å². The molecule has 0 aromatic rings. The van der Waals surface area contributed by atoms with Crippen LogP contribution in [0.4, 0.5) is 0 Å². The van der Waals surface area contributed by atoms with E-state index >= 15 is 0 Å². The smallest absolute Gasteiger partial charge is 0.0593 e. The van der Waals surface area contributed by atoms with Crippen LogP contribution in [0.5, 0.6) is 0 Å². The van der Waals surface area contributed by atoms with Crippen LogP contribution >= 0.6 is 0 Å². The van der Waals surface area contributed by atoms with Crippen LogP contribution in [0.3, 0.4) is 0 Å². The third-order valence-corrected chi connectivity index (χ3v) is 2.44. The molecular formula is C8H16O2. The third-order valence-electron chi connectivity index (χ3n) is 2.44. The second kappa shape index (κ2) is 3.35. The van der Waals surface area contributed by atoms with Crippen molar-refractivity contribution >= 4 is 0 Å². The molecule has 0 aromatic carbocycles. The summed E-state index contributed by atoms with van der Waals surface area (Å²) in [7, 11) is 0. The van der Waals surface area contributed by atoms with E-state index in [1.807, 2.05) is 6.92 Å². The van der Waals surface area contributed by atoms with Gasteiger partial charge in [-0.2, -0.15) is 0 Å². The molecule has 0 amide bonds. The molecule has 3 atom stereocenters. The highest BCUT2D eigenvalue weighted by Gasteiger charge is 2.29. The van der Waals surface area contributed by atoms with Crippen LogP contribution in [-0.2, 0) is 0 Å². The van der Waals surface area contributed by atoms with Crippen molar-refractivity contribution in [3.05, 3.63) is 0 Å². The van der Waals surface area contributed by atoms with Crippen LogP contribution < -0.4 is 0 Å². The van der Waals surface area contributed by atoms with Gasteiger partial charge in [-0.3, -0.25) is 0 Å². The first-order chi connectivity index (χ1) is 4.75. The lowest BCUT2D eigenvalue weighted by Gasteiger charge is -2.19. The fourth-order valence-electron chi connectivity index (χ4n) is 1.72. The summed E-state index contributed by atoms with van der Waals surface area (Å²) in [4.78, 5) is 0. The van der Waals surface area contributed by atoms with E-state index in [4.69, 9.17) is 0 Å². The van der Waals surface area contributed by atoms with Crippen LogP contribution in [0.15, 0.2) is 0 Å². The second-order valence-corrected chi connectivity index (χ2v) is 3.14. The summed E-state index contributed by atoms with van der Waals surface area (Å²) in [6.07, 6.45) is 3.19. The molecule has 0 saturated heterocycles. The molecule has 1 rings (SSSR count). The van der Waals surface area contributed by atoms with Gasteiger partial charge in [0.05, 0.1) is 12.2 Å². The largest absolute Gasteiger partial charge is 0.393 e.